The molecule has 0 saturated carbocycles. The van der Waals surface area contributed by atoms with E-state index in [1.54, 1.807) is 29.7 Å². The van der Waals surface area contributed by atoms with Crippen LogP contribution >= 0.6 is 59.5 Å². The van der Waals surface area contributed by atoms with Gasteiger partial charge < -0.3 is 9.80 Å². The largest absolute Gasteiger partial charge is 0.340 e. The van der Waals surface area contributed by atoms with Gasteiger partial charge in [-0.25, -0.2) is 0 Å². The van der Waals surface area contributed by atoms with Gasteiger partial charge in [0.05, 0.1) is 29.3 Å². The van der Waals surface area contributed by atoms with E-state index >= 15 is 0 Å². The van der Waals surface area contributed by atoms with Crippen molar-refractivity contribution in [1.29, 1.82) is 0 Å². The van der Waals surface area contributed by atoms with Crippen LogP contribution in [0.3, 0.4) is 0 Å². The third-order valence-electron chi connectivity index (χ3n) is 3.78. The lowest BCUT2D eigenvalue weighted by Gasteiger charge is -2.43. The molecule has 0 aromatic carbocycles. The topological polar surface area (TPSA) is 56.3 Å². The molecule has 25 heavy (non-hydrogen) atoms. The Hall–Kier alpha value is -0.0400. The number of thioether (sulfide) groups is 2. The molecule has 3 rings (SSSR count). The second-order valence-electron chi connectivity index (χ2n) is 5.71. The van der Waals surface area contributed by atoms with Crippen molar-refractivity contribution in [3.05, 3.63) is 11.6 Å². The Kier molecular flexibility index (Phi) is 8.79. The minimum Gasteiger partial charge on any atom is -0.340 e. The van der Waals surface area contributed by atoms with Crippen LogP contribution < -0.4 is 10.6 Å². The third-order valence-corrected chi connectivity index (χ3v) is 7.11. The number of rotatable bonds is 3. The standard InChI is InChI=1S/C12H22N4S4.C2H2N2S/c1-7-13-9(3)19-11(17)15(7)5-6-16-8(2)14-10(4)20-12(16)18;1-2-5-4-3-1/h7-10,13-14H,5-6H2,1-4H3;1-2H. The number of nitrogens with zero attached hydrogens (tertiary/aromatic N) is 4. The van der Waals surface area contributed by atoms with Gasteiger partial charge in [0.25, 0.3) is 0 Å². The summed E-state index contributed by atoms with van der Waals surface area (Å²) in [4.78, 5) is 4.50. The first-order valence-corrected chi connectivity index (χ1v) is 11.5. The Morgan fingerprint density at radius 2 is 1.44 bits per heavy atom. The maximum atomic E-state index is 5.50. The molecule has 6 nitrogen and oxygen atoms in total. The summed E-state index contributed by atoms with van der Waals surface area (Å²) in [5, 5.41) is 13.1. The zero-order valence-electron chi connectivity index (χ0n) is 14.7. The second kappa shape index (κ2) is 10.3. The molecule has 140 valence electrons. The highest BCUT2D eigenvalue weighted by molar-refractivity contribution is 8.23. The average Bonchev–Trinajstić information content (AvgIpc) is 3.07. The van der Waals surface area contributed by atoms with Crippen LogP contribution in [0.4, 0.5) is 0 Å². The molecular formula is C14H24N6S5. The van der Waals surface area contributed by atoms with Gasteiger partial charge >= 0.3 is 0 Å². The van der Waals surface area contributed by atoms with E-state index in [0.29, 0.717) is 10.7 Å². The Morgan fingerprint density at radius 1 is 0.960 bits per heavy atom. The van der Waals surface area contributed by atoms with Crippen LogP contribution in [0.1, 0.15) is 27.7 Å². The monoisotopic (exact) mass is 436 g/mol. The van der Waals surface area contributed by atoms with Crippen LogP contribution in [0.5, 0.6) is 0 Å². The van der Waals surface area contributed by atoms with Crippen molar-refractivity contribution in [2.75, 3.05) is 13.1 Å². The molecule has 4 unspecified atom stereocenters. The molecule has 0 spiro atoms. The van der Waals surface area contributed by atoms with E-state index < -0.39 is 0 Å². The Balaban J connectivity index is 0.000000386. The molecule has 0 amide bonds. The van der Waals surface area contributed by atoms with Crippen molar-refractivity contribution in [1.82, 2.24) is 30.0 Å². The van der Waals surface area contributed by atoms with Crippen molar-refractivity contribution < 1.29 is 0 Å². The first-order valence-electron chi connectivity index (χ1n) is 8.06. The lowest BCUT2D eigenvalue weighted by atomic mass is 10.4. The maximum Gasteiger partial charge on any atom is 0.139 e. The number of aromatic nitrogens is 2. The van der Waals surface area contributed by atoms with E-state index in [2.05, 4.69) is 57.7 Å². The minimum absolute atomic E-state index is 0.284. The van der Waals surface area contributed by atoms with Crippen LogP contribution in [-0.2, 0) is 0 Å². The fourth-order valence-corrected chi connectivity index (χ4v) is 6.14. The van der Waals surface area contributed by atoms with Gasteiger partial charge in [0.1, 0.15) is 8.64 Å². The maximum absolute atomic E-state index is 5.50. The fraction of sp³-hybridized carbons (Fsp3) is 0.714. The molecular weight excluding hydrogens is 413 g/mol. The third kappa shape index (κ3) is 6.56. The summed E-state index contributed by atoms with van der Waals surface area (Å²) in [6.45, 7) is 10.4. The molecule has 2 fully saturated rings. The van der Waals surface area contributed by atoms with Crippen molar-refractivity contribution in [3.63, 3.8) is 0 Å². The normalized spacial score (nSPS) is 30.1. The van der Waals surface area contributed by atoms with E-state index in [-0.39, 0.29) is 12.3 Å². The summed E-state index contributed by atoms with van der Waals surface area (Å²) in [5.41, 5.74) is 0. The molecule has 3 heterocycles. The highest BCUT2D eigenvalue weighted by atomic mass is 32.2. The zero-order chi connectivity index (χ0) is 18.4. The molecule has 0 bridgehead atoms. The number of thiocarbonyl (C=S) groups is 2. The first-order chi connectivity index (χ1) is 11.9. The summed E-state index contributed by atoms with van der Waals surface area (Å²) < 4.78 is 5.47. The van der Waals surface area contributed by atoms with E-state index in [1.807, 2.05) is 5.38 Å². The first kappa shape index (κ1) is 21.3. The smallest absolute Gasteiger partial charge is 0.139 e. The second-order valence-corrected chi connectivity index (χ2v) is 10.3. The average molecular weight is 437 g/mol. The Labute approximate surface area is 173 Å². The van der Waals surface area contributed by atoms with Crippen molar-refractivity contribution in [2.45, 2.75) is 50.8 Å². The zero-order valence-corrected chi connectivity index (χ0v) is 18.8. The van der Waals surface area contributed by atoms with Crippen LogP contribution in [-0.4, -0.2) is 64.2 Å². The predicted octanol–water partition coefficient (Wildman–Crippen LogP) is 2.76. The van der Waals surface area contributed by atoms with Gasteiger partial charge in [-0.05, 0) is 39.2 Å². The molecule has 1 aromatic rings. The molecule has 2 aliphatic heterocycles. The summed E-state index contributed by atoms with van der Waals surface area (Å²) >= 11 is 15.8. The van der Waals surface area contributed by atoms with Gasteiger partial charge in [0.15, 0.2) is 0 Å². The van der Waals surface area contributed by atoms with Crippen molar-refractivity contribution in [2.24, 2.45) is 0 Å². The molecule has 2 aliphatic rings. The lowest BCUT2D eigenvalue weighted by Crippen LogP contribution is -2.58. The molecule has 0 aliphatic carbocycles. The van der Waals surface area contributed by atoms with Gasteiger partial charge in [-0.1, -0.05) is 52.4 Å². The lowest BCUT2D eigenvalue weighted by molar-refractivity contribution is 0.223. The SMILES string of the molecule is CC1NC(C)N(CCN2C(=S)SC(C)NC2C)C(=S)S1.c1csnn1. The van der Waals surface area contributed by atoms with Crippen LogP contribution in [0.15, 0.2) is 11.6 Å². The molecule has 11 heteroatoms. The fourth-order valence-electron chi connectivity index (χ4n) is 2.60. The number of hydrogen-bond donors (Lipinski definition) is 2. The van der Waals surface area contributed by atoms with Crippen LogP contribution in [0.2, 0.25) is 0 Å². The minimum atomic E-state index is 0.284. The van der Waals surface area contributed by atoms with Gasteiger partial charge in [-0.2, -0.15) is 0 Å². The number of nitrogens with one attached hydrogen (secondary N) is 2. The van der Waals surface area contributed by atoms with E-state index in [4.69, 9.17) is 24.4 Å². The van der Waals surface area contributed by atoms with Gasteiger partial charge in [0.2, 0.25) is 0 Å². The summed E-state index contributed by atoms with van der Waals surface area (Å²) in [5.74, 6) is 0. The Morgan fingerprint density at radius 3 is 1.72 bits per heavy atom. The molecule has 2 N–H and O–H groups in total. The van der Waals surface area contributed by atoms with E-state index in [9.17, 15) is 0 Å². The van der Waals surface area contributed by atoms with Gasteiger partial charge in [0, 0.05) is 18.5 Å². The molecule has 1 aromatic heterocycles. The van der Waals surface area contributed by atoms with Crippen LogP contribution in [0, 0.1) is 0 Å². The van der Waals surface area contributed by atoms with Gasteiger partial charge in [-0.3, -0.25) is 10.6 Å². The van der Waals surface area contributed by atoms with Crippen LogP contribution in [0.25, 0.3) is 0 Å². The molecule has 4 atom stereocenters. The van der Waals surface area contributed by atoms with E-state index in [1.165, 1.54) is 11.5 Å². The summed E-state index contributed by atoms with van der Waals surface area (Å²) in [6, 6.07) is 0. The summed E-state index contributed by atoms with van der Waals surface area (Å²) in [6.07, 6.45) is 2.23. The summed E-state index contributed by atoms with van der Waals surface area (Å²) in [7, 11) is 0. The van der Waals surface area contributed by atoms with E-state index in [0.717, 1.165) is 21.7 Å². The van der Waals surface area contributed by atoms with Gasteiger partial charge in [-0.15, -0.1) is 5.10 Å². The van der Waals surface area contributed by atoms with Crippen molar-refractivity contribution >= 4 is 68.1 Å². The highest BCUT2D eigenvalue weighted by Crippen LogP contribution is 2.24. The molecule has 0 radical (unpaired) electrons. The Bertz CT molecular complexity index is 503. The quantitative estimate of drug-likeness (QED) is 0.692. The number of hydrogen-bond acceptors (Lipinski definition) is 9. The van der Waals surface area contributed by atoms with Crippen molar-refractivity contribution in [3.8, 4) is 0 Å². The highest BCUT2D eigenvalue weighted by Gasteiger charge is 2.30. The predicted molar refractivity (Wildman–Crippen MR) is 118 cm³/mol. The molecule has 2 saturated heterocycles.